The van der Waals surface area contributed by atoms with Gasteiger partial charge in [-0.05, 0) is 39.0 Å². The van der Waals surface area contributed by atoms with Crippen LogP contribution in [-0.4, -0.2) is 35.5 Å². The topological polar surface area (TPSA) is 55.8 Å². The number of esters is 1. The van der Waals surface area contributed by atoms with Gasteiger partial charge in [0.25, 0.3) is 0 Å². The van der Waals surface area contributed by atoms with E-state index in [-0.39, 0.29) is 18.2 Å². The van der Waals surface area contributed by atoms with Crippen molar-refractivity contribution in [2.24, 2.45) is 5.92 Å². The molecule has 0 heterocycles. The predicted octanol–water partition coefficient (Wildman–Crippen LogP) is 2.60. The molecule has 0 aromatic heterocycles. The zero-order chi connectivity index (χ0) is 14.8. The standard InChI is InChI=1S/C16H26O4/c1-12(2)14(18)20-15(3)9-13-5-4-6-16(10-13,11-15)19-8-7-17/h13,17H,1,4-11H2,2-3H3. The Labute approximate surface area is 121 Å². The first-order chi connectivity index (χ1) is 9.38. The second-order valence-corrected chi connectivity index (χ2v) is 6.72. The molecule has 0 saturated heterocycles. The third kappa shape index (κ3) is 3.41. The number of hydrogen-bond acceptors (Lipinski definition) is 4. The van der Waals surface area contributed by atoms with E-state index in [0.29, 0.717) is 18.1 Å². The summed E-state index contributed by atoms with van der Waals surface area (Å²) in [5.41, 5.74) is -0.268. The van der Waals surface area contributed by atoms with E-state index in [4.69, 9.17) is 14.6 Å². The number of carbonyl (C=O) groups excluding carboxylic acids is 1. The molecular weight excluding hydrogens is 256 g/mol. The Hall–Kier alpha value is -0.870. The Bertz CT molecular complexity index is 392. The zero-order valence-corrected chi connectivity index (χ0v) is 12.6. The van der Waals surface area contributed by atoms with Gasteiger partial charge in [-0.15, -0.1) is 0 Å². The molecule has 4 heteroatoms. The quantitative estimate of drug-likeness (QED) is 0.622. The number of aliphatic hydroxyl groups excluding tert-OH is 1. The molecule has 2 rings (SSSR count). The Morgan fingerprint density at radius 1 is 1.45 bits per heavy atom. The van der Waals surface area contributed by atoms with Gasteiger partial charge in [0.15, 0.2) is 0 Å². The fourth-order valence-electron chi connectivity index (χ4n) is 3.98. The molecule has 2 aliphatic rings. The van der Waals surface area contributed by atoms with Crippen LogP contribution >= 0.6 is 0 Å². The molecule has 2 fully saturated rings. The average Bonchev–Trinajstić information content (AvgIpc) is 2.35. The van der Waals surface area contributed by atoms with Gasteiger partial charge in [-0.1, -0.05) is 19.4 Å². The van der Waals surface area contributed by atoms with Gasteiger partial charge < -0.3 is 14.6 Å². The van der Waals surface area contributed by atoms with Crippen LogP contribution < -0.4 is 0 Å². The largest absolute Gasteiger partial charge is 0.456 e. The van der Waals surface area contributed by atoms with Crippen LogP contribution in [0.2, 0.25) is 0 Å². The lowest BCUT2D eigenvalue weighted by Gasteiger charge is -2.51. The molecule has 20 heavy (non-hydrogen) atoms. The Morgan fingerprint density at radius 3 is 2.85 bits per heavy atom. The number of hydrogen-bond donors (Lipinski definition) is 1. The van der Waals surface area contributed by atoms with Crippen LogP contribution in [0.25, 0.3) is 0 Å². The van der Waals surface area contributed by atoms with E-state index in [1.165, 1.54) is 6.42 Å². The molecule has 0 amide bonds. The number of rotatable bonds is 5. The van der Waals surface area contributed by atoms with Crippen LogP contribution in [0.4, 0.5) is 0 Å². The van der Waals surface area contributed by atoms with Crippen molar-refractivity contribution in [1.82, 2.24) is 0 Å². The van der Waals surface area contributed by atoms with Crippen LogP contribution in [0.1, 0.15) is 52.4 Å². The summed E-state index contributed by atoms with van der Waals surface area (Å²) in [6.45, 7) is 7.72. The number of carbonyl (C=O) groups is 1. The summed E-state index contributed by atoms with van der Waals surface area (Å²) < 4.78 is 11.7. The molecule has 2 saturated carbocycles. The number of ether oxygens (including phenoxy) is 2. The maximum atomic E-state index is 11.9. The fraction of sp³-hybridized carbons (Fsp3) is 0.812. The third-order valence-electron chi connectivity index (χ3n) is 4.51. The van der Waals surface area contributed by atoms with E-state index in [0.717, 1.165) is 32.1 Å². The van der Waals surface area contributed by atoms with Gasteiger partial charge in [0, 0.05) is 12.0 Å². The lowest BCUT2D eigenvalue weighted by atomic mass is 9.63. The van der Waals surface area contributed by atoms with Crippen molar-refractivity contribution in [2.75, 3.05) is 13.2 Å². The first-order valence-corrected chi connectivity index (χ1v) is 7.52. The molecule has 0 aromatic carbocycles. The summed E-state index contributed by atoms with van der Waals surface area (Å²) in [6.07, 6.45) is 5.95. The van der Waals surface area contributed by atoms with E-state index in [1.807, 2.05) is 6.92 Å². The van der Waals surface area contributed by atoms with Gasteiger partial charge in [0.2, 0.25) is 0 Å². The summed E-state index contributed by atoms with van der Waals surface area (Å²) in [5.74, 6) is 0.226. The highest BCUT2D eigenvalue weighted by Gasteiger charge is 2.50. The van der Waals surface area contributed by atoms with E-state index < -0.39 is 5.60 Å². The maximum Gasteiger partial charge on any atom is 0.333 e. The van der Waals surface area contributed by atoms with E-state index >= 15 is 0 Å². The summed E-state index contributed by atoms with van der Waals surface area (Å²) in [5, 5.41) is 9.02. The Balaban J connectivity index is 2.11. The van der Waals surface area contributed by atoms with Crippen molar-refractivity contribution in [1.29, 1.82) is 0 Å². The molecule has 2 aliphatic carbocycles. The zero-order valence-electron chi connectivity index (χ0n) is 12.6. The van der Waals surface area contributed by atoms with Gasteiger partial charge in [0.05, 0.1) is 18.8 Å². The van der Waals surface area contributed by atoms with Gasteiger partial charge >= 0.3 is 5.97 Å². The summed E-state index contributed by atoms with van der Waals surface area (Å²) >= 11 is 0. The summed E-state index contributed by atoms with van der Waals surface area (Å²) in [6, 6.07) is 0. The SMILES string of the molecule is C=C(C)C(=O)OC1(C)CC2CCCC(OCCO)(C2)C1. The van der Waals surface area contributed by atoms with Crippen LogP contribution in [-0.2, 0) is 14.3 Å². The Kier molecular flexibility index (Phi) is 4.55. The lowest BCUT2D eigenvalue weighted by molar-refractivity contribution is -0.190. The molecule has 114 valence electrons. The monoisotopic (exact) mass is 282 g/mol. The van der Waals surface area contributed by atoms with Gasteiger partial charge in [0.1, 0.15) is 5.60 Å². The van der Waals surface area contributed by atoms with Gasteiger partial charge in [-0.3, -0.25) is 0 Å². The normalized spacial score (nSPS) is 36.5. The highest BCUT2D eigenvalue weighted by Crippen LogP contribution is 2.50. The molecule has 2 bridgehead atoms. The number of fused-ring (bicyclic) bond motifs is 2. The molecule has 0 spiro atoms. The minimum atomic E-state index is -0.477. The second kappa shape index (κ2) is 5.86. The van der Waals surface area contributed by atoms with Crippen molar-refractivity contribution >= 4 is 5.97 Å². The van der Waals surface area contributed by atoms with Crippen LogP contribution in [0.5, 0.6) is 0 Å². The third-order valence-corrected chi connectivity index (χ3v) is 4.51. The van der Waals surface area contributed by atoms with Crippen LogP contribution in [0, 0.1) is 5.92 Å². The fourth-order valence-corrected chi connectivity index (χ4v) is 3.98. The number of aliphatic hydroxyl groups is 1. The minimum Gasteiger partial charge on any atom is -0.456 e. The molecule has 4 nitrogen and oxygen atoms in total. The molecule has 3 atom stereocenters. The van der Waals surface area contributed by atoms with Crippen molar-refractivity contribution in [3.05, 3.63) is 12.2 Å². The van der Waals surface area contributed by atoms with Gasteiger partial charge in [-0.2, -0.15) is 0 Å². The molecule has 3 unspecified atom stereocenters. The minimum absolute atomic E-state index is 0.0364. The smallest absolute Gasteiger partial charge is 0.333 e. The molecular formula is C16H26O4. The van der Waals surface area contributed by atoms with Gasteiger partial charge in [-0.25, -0.2) is 4.79 Å². The second-order valence-electron chi connectivity index (χ2n) is 6.72. The van der Waals surface area contributed by atoms with E-state index in [1.54, 1.807) is 6.92 Å². The summed E-state index contributed by atoms with van der Waals surface area (Å²) in [7, 11) is 0. The molecule has 0 aromatic rings. The van der Waals surface area contributed by atoms with Crippen molar-refractivity contribution in [3.8, 4) is 0 Å². The maximum absolute atomic E-state index is 11.9. The van der Waals surface area contributed by atoms with Crippen LogP contribution in [0.15, 0.2) is 12.2 Å². The average molecular weight is 282 g/mol. The first-order valence-electron chi connectivity index (χ1n) is 7.52. The van der Waals surface area contributed by atoms with E-state index in [2.05, 4.69) is 6.58 Å². The van der Waals surface area contributed by atoms with Crippen LogP contribution in [0.3, 0.4) is 0 Å². The molecule has 0 aliphatic heterocycles. The highest BCUT2D eigenvalue weighted by atomic mass is 16.6. The van der Waals surface area contributed by atoms with E-state index in [9.17, 15) is 4.79 Å². The summed E-state index contributed by atoms with van der Waals surface area (Å²) in [4.78, 5) is 11.9. The van der Waals surface area contributed by atoms with Crippen molar-refractivity contribution < 1.29 is 19.4 Å². The predicted molar refractivity (Wildman–Crippen MR) is 76.3 cm³/mol. The highest BCUT2D eigenvalue weighted by molar-refractivity contribution is 5.87. The Morgan fingerprint density at radius 2 is 2.20 bits per heavy atom. The van der Waals surface area contributed by atoms with Crippen molar-refractivity contribution in [2.45, 2.75) is 63.6 Å². The molecule has 0 radical (unpaired) electrons. The molecule has 1 N–H and O–H groups in total. The lowest BCUT2D eigenvalue weighted by Crippen LogP contribution is -2.53. The first kappa shape index (κ1) is 15.5. The van der Waals surface area contributed by atoms with Crippen molar-refractivity contribution in [3.63, 3.8) is 0 Å².